The van der Waals surface area contributed by atoms with E-state index >= 15 is 0 Å². The Morgan fingerprint density at radius 1 is 1.14 bits per heavy atom. The Labute approximate surface area is 125 Å². The molecule has 2 aromatic rings. The summed E-state index contributed by atoms with van der Waals surface area (Å²) in [7, 11) is -3.85. The predicted octanol–water partition coefficient (Wildman–Crippen LogP) is 2.38. The molecule has 0 saturated heterocycles. The molecule has 0 aliphatic heterocycles. The molecule has 0 spiro atoms. The Morgan fingerprint density at radius 2 is 1.86 bits per heavy atom. The van der Waals surface area contributed by atoms with Gasteiger partial charge in [-0.05, 0) is 49.7 Å². The highest BCUT2D eigenvalue weighted by Gasteiger charge is 2.19. The van der Waals surface area contributed by atoms with E-state index in [1.165, 1.54) is 6.07 Å². The Bertz CT molecular complexity index is 757. The quantitative estimate of drug-likeness (QED) is 0.849. The van der Waals surface area contributed by atoms with Crippen LogP contribution in [-0.2, 0) is 10.0 Å². The molecule has 0 saturated carbocycles. The summed E-state index contributed by atoms with van der Waals surface area (Å²) < 4.78 is 23.6. The van der Waals surface area contributed by atoms with Gasteiger partial charge in [0.15, 0.2) is 0 Å². The lowest BCUT2D eigenvalue weighted by molar-refractivity contribution is 0.598. The van der Waals surface area contributed by atoms with Crippen LogP contribution in [-0.4, -0.2) is 15.0 Å². The van der Waals surface area contributed by atoms with Gasteiger partial charge in [0.1, 0.15) is 4.90 Å². The first-order valence-corrected chi connectivity index (χ1v) is 8.14. The van der Waals surface area contributed by atoms with E-state index in [0.29, 0.717) is 17.9 Å². The van der Waals surface area contributed by atoms with Gasteiger partial charge in [0.05, 0.1) is 5.69 Å². The summed E-state index contributed by atoms with van der Waals surface area (Å²) in [6, 6.07) is 12.6. The van der Waals surface area contributed by atoms with Crippen LogP contribution < -0.4 is 15.8 Å². The maximum Gasteiger partial charge on any atom is 0.240 e. The molecule has 4 N–H and O–H groups in total. The minimum absolute atomic E-state index is 0.0332. The average molecular weight is 305 g/mol. The number of hydrogen-bond donors (Lipinski definition) is 2. The van der Waals surface area contributed by atoms with Crippen LogP contribution in [0.4, 0.5) is 17.1 Å². The molecule has 0 radical (unpaired) electrons. The van der Waals surface area contributed by atoms with E-state index in [1.54, 1.807) is 12.1 Å². The van der Waals surface area contributed by atoms with Crippen molar-refractivity contribution >= 4 is 27.1 Å². The van der Waals surface area contributed by atoms with Gasteiger partial charge in [-0.3, -0.25) is 0 Å². The zero-order valence-electron chi connectivity index (χ0n) is 12.1. The largest absolute Gasteiger partial charge is 0.399 e. The van der Waals surface area contributed by atoms with Crippen LogP contribution >= 0.6 is 0 Å². The SMILES string of the molecule is CCN(c1cccc(C)c1)c1ccc(N)cc1S(N)(=O)=O. The van der Waals surface area contributed by atoms with E-state index in [0.717, 1.165) is 11.3 Å². The molecule has 0 atom stereocenters. The van der Waals surface area contributed by atoms with Gasteiger partial charge in [0.2, 0.25) is 10.0 Å². The van der Waals surface area contributed by atoms with Crippen LogP contribution in [0.25, 0.3) is 0 Å². The van der Waals surface area contributed by atoms with Crippen molar-refractivity contribution in [3.8, 4) is 0 Å². The van der Waals surface area contributed by atoms with E-state index < -0.39 is 10.0 Å². The van der Waals surface area contributed by atoms with E-state index in [-0.39, 0.29) is 4.90 Å². The van der Waals surface area contributed by atoms with E-state index in [1.807, 2.05) is 43.0 Å². The number of aryl methyl sites for hydroxylation is 1. The van der Waals surface area contributed by atoms with Crippen LogP contribution in [0.1, 0.15) is 12.5 Å². The van der Waals surface area contributed by atoms with Gasteiger partial charge in [-0.15, -0.1) is 0 Å². The van der Waals surface area contributed by atoms with Crippen molar-refractivity contribution in [2.24, 2.45) is 5.14 Å². The van der Waals surface area contributed by atoms with Gasteiger partial charge in [0, 0.05) is 17.9 Å². The monoisotopic (exact) mass is 305 g/mol. The first-order valence-electron chi connectivity index (χ1n) is 6.59. The Hall–Kier alpha value is -2.05. The standard InChI is InChI=1S/C15H19N3O2S/c1-3-18(13-6-4-5-11(2)9-13)14-8-7-12(16)10-15(14)21(17,19)20/h4-10H,3,16H2,1-2H3,(H2,17,19,20). The average Bonchev–Trinajstić information content (AvgIpc) is 2.40. The van der Waals surface area contributed by atoms with Crippen LogP contribution in [0.3, 0.4) is 0 Å². The van der Waals surface area contributed by atoms with Gasteiger partial charge < -0.3 is 10.6 Å². The molecule has 0 fully saturated rings. The normalized spacial score (nSPS) is 11.4. The van der Waals surface area contributed by atoms with Gasteiger partial charge in [-0.25, -0.2) is 13.6 Å². The van der Waals surface area contributed by atoms with Crippen LogP contribution in [0.2, 0.25) is 0 Å². The lowest BCUT2D eigenvalue weighted by Crippen LogP contribution is -2.22. The number of primary sulfonamides is 1. The van der Waals surface area contributed by atoms with Gasteiger partial charge in [-0.1, -0.05) is 12.1 Å². The fourth-order valence-electron chi connectivity index (χ4n) is 2.27. The van der Waals surface area contributed by atoms with Gasteiger partial charge in [0.25, 0.3) is 0 Å². The minimum Gasteiger partial charge on any atom is -0.399 e. The molecule has 0 aliphatic rings. The number of nitrogen functional groups attached to an aromatic ring is 1. The molecule has 6 heteroatoms. The minimum atomic E-state index is -3.85. The second kappa shape index (κ2) is 5.75. The highest BCUT2D eigenvalue weighted by molar-refractivity contribution is 7.89. The number of anilines is 3. The van der Waals surface area contributed by atoms with Crippen molar-refractivity contribution in [1.29, 1.82) is 0 Å². The van der Waals surface area contributed by atoms with Crippen molar-refractivity contribution in [3.63, 3.8) is 0 Å². The summed E-state index contributed by atoms with van der Waals surface area (Å²) in [5.41, 5.74) is 8.59. The number of rotatable bonds is 4. The van der Waals surface area contributed by atoms with Crippen molar-refractivity contribution in [3.05, 3.63) is 48.0 Å². The molecule has 0 bridgehead atoms. The number of nitrogens with zero attached hydrogens (tertiary/aromatic N) is 1. The van der Waals surface area contributed by atoms with E-state index in [2.05, 4.69) is 0 Å². The number of benzene rings is 2. The zero-order chi connectivity index (χ0) is 15.6. The van der Waals surface area contributed by atoms with Crippen LogP contribution in [0, 0.1) is 6.92 Å². The van der Waals surface area contributed by atoms with E-state index in [9.17, 15) is 8.42 Å². The summed E-state index contributed by atoms with van der Waals surface area (Å²) in [4.78, 5) is 1.93. The highest BCUT2D eigenvalue weighted by Crippen LogP contribution is 2.32. The molecule has 0 aromatic heterocycles. The molecule has 5 nitrogen and oxygen atoms in total. The lowest BCUT2D eigenvalue weighted by Gasteiger charge is -2.25. The summed E-state index contributed by atoms with van der Waals surface area (Å²) in [5, 5.41) is 5.32. The second-order valence-electron chi connectivity index (χ2n) is 4.86. The van der Waals surface area contributed by atoms with Gasteiger partial charge >= 0.3 is 0 Å². The molecule has 2 rings (SSSR count). The molecule has 0 unspecified atom stereocenters. The fraction of sp³-hybridized carbons (Fsp3) is 0.200. The molecule has 21 heavy (non-hydrogen) atoms. The zero-order valence-corrected chi connectivity index (χ0v) is 12.9. The number of hydrogen-bond acceptors (Lipinski definition) is 4. The number of nitrogens with two attached hydrogens (primary N) is 2. The first kappa shape index (κ1) is 15.3. The Morgan fingerprint density at radius 3 is 2.43 bits per heavy atom. The molecular formula is C15H19N3O2S. The highest BCUT2D eigenvalue weighted by atomic mass is 32.2. The van der Waals surface area contributed by atoms with Crippen molar-refractivity contribution < 1.29 is 8.42 Å². The molecular weight excluding hydrogens is 286 g/mol. The first-order chi connectivity index (χ1) is 9.82. The Kier molecular flexibility index (Phi) is 4.20. The molecule has 0 aliphatic carbocycles. The van der Waals surface area contributed by atoms with E-state index in [4.69, 9.17) is 10.9 Å². The molecule has 2 aromatic carbocycles. The van der Waals surface area contributed by atoms with Crippen molar-refractivity contribution in [1.82, 2.24) is 0 Å². The second-order valence-corrected chi connectivity index (χ2v) is 6.39. The fourth-order valence-corrected chi connectivity index (χ4v) is 3.04. The maximum absolute atomic E-state index is 11.8. The third-order valence-electron chi connectivity index (χ3n) is 3.21. The maximum atomic E-state index is 11.8. The van der Waals surface area contributed by atoms with Crippen LogP contribution in [0.15, 0.2) is 47.4 Å². The smallest absolute Gasteiger partial charge is 0.240 e. The predicted molar refractivity (Wildman–Crippen MR) is 86.1 cm³/mol. The van der Waals surface area contributed by atoms with Crippen LogP contribution in [0.5, 0.6) is 0 Å². The van der Waals surface area contributed by atoms with Crippen molar-refractivity contribution in [2.45, 2.75) is 18.7 Å². The third-order valence-corrected chi connectivity index (χ3v) is 4.15. The summed E-state index contributed by atoms with van der Waals surface area (Å²) in [6.07, 6.45) is 0. The summed E-state index contributed by atoms with van der Waals surface area (Å²) in [5.74, 6) is 0. The lowest BCUT2D eigenvalue weighted by atomic mass is 10.2. The van der Waals surface area contributed by atoms with Crippen molar-refractivity contribution in [2.75, 3.05) is 17.2 Å². The summed E-state index contributed by atoms with van der Waals surface area (Å²) >= 11 is 0. The van der Waals surface area contributed by atoms with Gasteiger partial charge in [-0.2, -0.15) is 0 Å². The summed E-state index contributed by atoms with van der Waals surface area (Å²) in [6.45, 7) is 4.54. The molecule has 112 valence electrons. The molecule has 0 heterocycles. The Balaban J connectivity index is 2.63. The third kappa shape index (κ3) is 3.34. The topological polar surface area (TPSA) is 89.4 Å². The molecule has 0 amide bonds. The number of sulfonamides is 1.